The van der Waals surface area contributed by atoms with Crippen molar-refractivity contribution in [1.82, 2.24) is 0 Å². The second kappa shape index (κ2) is 4.26. The molecule has 0 fully saturated rings. The lowest BCUT2D eigenvalue weighted by Gasteiger charge is -2.19. The van der Waals surface area contributed by atoms with Crippen molar-refractivity contribution in [3.63, 3.8) is 0 Å². The molecule has 1 aromatic carbocycles. The van der Waals surface area contributed by atoms with E-state index in [0.29, 0.717) is 17.4 Å². The molecule has 0 unspecified atom stereocenters. The summed E-state index contributed by atoms with van der Waals surface area (Å²) in [6.45, 7) is 5.36. The summed E-state index contributed by atoms with van der Waals surface area (Å²) < 4.78 is 5.17. The number of hydrogen-bond donors (Lipinski definition) is 0. The van der Waals surface area contributed by atoms with Gasteiger partial charge in [0.25, 0.3) is 0 Å². The molecule has 0 aromatic heterocycles. The van der Waals surface area contributed by atoms with Crippen LogP contribution in [0.4, 0.5) is 0 Å². The quantitative estimate of drug-likeness (QED) is 0.551. The molecule has 0 atom stereocenters. The molecule has 0 bridgehead atoms. The van der Waals surface area contributed by atoms with Crippen molar-refractivity contribution in [3.8, 4) is 0 Å². The molecule has 0 radical (unpaired) electrons. The number of ether oxygens (including phenoxy) is 1. The lowest BCUT2D eigenvalue weighted by atomic mass is 10.1. The van der Waals surface area contributed by atoms with Gasteiger partial charge in [-0.1, -0.05) is 18.2 Å². The van der Waals surface area contributed by atoms with Gasteiger partial charge >= 0.3 is 5.97 Å². The fraction of sp³-hybridized carbons (Fsp3) is 0.333. The summed E-state index contributed by atoms with van der Waals surface area (Å²) >= 11 is 0. The third-order valence-electron chi connectivity index (χ3n) is 1.71. The Morgan fingerprint density at radius 1 is 1.27 bits per heavy atom. The number of rotatable bonds is 2. The molecule has 0 heterocycles. The predicted molar refractivity (Wildman–Crippen MR) is 57.0 cm³/mol. The van der Waals surface area contributed by atoms with Crippen molar-refractivity contribution in [2.45, 2.75) is 26.4 Å². The van der Waals surface area contributed by atoms with Gasteiger partial charge in [-0.2, -0.15) is 0 Å². The topological polar surface area (TPSA) is 43.4 Å². The maximum Gasteiger partial charge on any atom is 0.339 e. The van der Waals surface area contributed by atoms with E-state index in [0.717, 1.165) is 0 Å². The Kier molecular flexibility index (Phi) is 3.24. The van der Waals surface area contributed by atoms with Gasteiger partial charge in [0, 0.05) is 5.56 Å². The van der Waals surface area contributed by atoms with E-state index in [1.54, 1.807) is 45.0 Å². The van der Waals surface area contributed by atoms with Crippen LogP contribution >= 0.6 is 0 Å². The molecule has 0 spiro atoms. The van der Waals surface area contributed by atoms with E-state index in [4.69, 9.17) is 4.74 Å². The van der Waals surface area contributed by atoms with Crippen molar-refractivity contribution in [2.24, 2.45) is 0 Å². The minimum atomic E-state index is -0.549. The van der Waals surface area contributed by atoms with E-state index in [-0.39, 0.29) is 0 Å². The number of aldehydes is 1. The third-order valence-corrected chi connectivity index (χ3v) is 1.71. The maximum atomic E-state index is 11.7. The van der Waals surface area contributed by atoms with Crippen LogP contribution in [0.3, 0.4) is 0 Å². The number of hydrogen-bond acceptors (Lipinski definition) is 3. The smallest absolute Gasteiger partial charge is 0.339 e. The van der Waals surface area contributed by atoms with Crippen molar-refractivity contribution < 1.29 is 14.3 Å². The molecule has 1 rings (SSSR count). The van der Waals surface area contributed by atoms with Gasteiger partial charge in [-0.05, 0) is 26.8 Å². The molecule has 0 N–H and O–H groups in total. The van der Waals surface area contributed by atoms with E-state index < -0.39 is 11.6 Å². The van der Waals surface area contributed by atoms with Crippen molar-refractivity contribution >= 4 is 12.3 Å². The van der Waals surface area contributed by atoms with Crippen molar-refractivity contribution in [2.75, 3.05) is 0 Å². The zero-order valence-electron chi connectivity index (χ0n) is 9.11. The van der Waals surface area contributed by atoms with Crippen LogP contribution in [0, 0.1) is 0 Å². The fourth-order valence-electron chi connectivity index (χ4n) is 1.12. The molecule has 0 amide bonds. The minimum absolute atomic E-state index is 0.308. The normalized spacial score (nSPS) is 10.9. The van der Waals surface area contributed by atoms with Gasteiger partial charge in [0.2, 0.25) is 0 Å². The molecular weight excluding hydrogens is 192 g/mol. The molecule has 15 heavy (non-hydrogen) atoms. The van der Waals surface area contributed by atoms with Crippen LogP contribution < -0.4 is 0 Å². The molecule has 0 saturated heterocycles. The highest BCUT2D eigenvalue weighted by Gasteiger charge is 2.19. The fourth-order valence-corrected chi connectivity index (χ4v) is 1.12. The lowest BCUT2D eigenvalue weighted by Crippen LogP contribution is -2.24. The largest absolute Gasteiger partial charge is 0.456 e. The Bertz CT molecular complexity index is 375. The molecule has 0 aliphatic heterocycles. The molecule has 0 aliphatic rings. The minimum Gasteiger partial charge on any atom is -0.456 e. The monoisotopic (exact) mass is 206 g/mol. The summed E-state index contributed by atoms with van der Waals surface area (Å²) in [5.74, 6) is -0.467. The van der Waals surface area contributed by atoms with Crippen molar-refractivity contribution in [3.05, 3.63) is 35.4 Å². The number of carbonyl (C=O) groups excluding carboxylic acids is 2. The number of carbonyl (C=O) groups is 2. The Balaban J connectivity index is 2.96. The Morgan fingerprint density at radius 2 is 1.87 bits per heavy atom. The lowest BCUT2D eigenvalue weighted by molar-refractivity contribution is 0.00683. The van der Waals surface area contributed by atoms with E-state index in [1.807, 2.05) is 0 Å². The zero-order valence-corrected chi connectivity index (χ0v) is 9.11. The molecule has 3 nitrogen and oxygen atoms in total. The number of benzene rings is 1. The predicted octanol–water partition coefficient (Wildman–Crippen LogP) is 2.45. The zero-order chi connectivity index (χ0) is 11.5. The van der Waals surface area contributed by atoms with E-state index in [1.165, 1.54) is 0 Å². The van der Waals surface area contributed by atoms with Gasteiger partial charge in [0.15, 0.2) is 6.29 Å². The highest BCUT2D eigenvalue weighted by molar-refractivity contribution is 5.98. The molecule has 80 valence electrons. The van der Waals surface area contributed by atoms with Crippen LogP contribution in [0.2, 0.25) is 0 Å². The van der Waals surface area contributed by atoms with Gasteiger partial charge in [-0.25, -0.2) is 4.79 Å². The number of esters is 1. The second-order valence-corrected chi connectivity index (χ2v) is 4.21. The highest BCUT2D eigenvalue weighted by Crippen LogP contribution is 2.14. The standard InChI is InChI=1S/C12H14O3/c1-12(2,3)15-11(14)10-7-5-4-6-9(10)8-13/h4-8H,1-3H3. The van der Waals surface area contributed by atoms with Crippen LogP contribution in [0.1, 0.15) is 41.5 Å². The summed E-state index contributed by atoms with van der Waals surface area (Å²) in [4.78, 5) is 22.3. The average Bonchev–Trinajstić information content (AvgIpc) is 2.15. The maximum absolute atomic E-state index is 11.7. The van der Waals surface area contributed by atoms with Gasteiger partial charge in [0.1, 0.15) is 5.60 Å². The SMILES string of the molecule is CC(C)(C)OC(=O)c1ccccc1C=O. The Labute approximate surface area is 89.1 Å². The van der Waals surface area contributed by atoms with Crippen LogP contribution in [-0.2, 0) is 4.74 Å². The van der Waals surface area contributed by atoms with E-state index in [9.17, 15) is 9.59 Å². The average molecular weight is 206 g/mol. The molecule has 1 aromatic rings. The first kappa shape index (κ1) is 11.4. The summed E-state index contributed by atoms with van der Waals surface area (Å²) in [5.41, 5.74) is 0.113. The van der Waals surface area contributed by atoms with E-state index >= 15 is 0 Å². The second-order valence-electron chi connectivity index (χ2n) is 4.21. The summed E-state index contributed by atoms with van der Waals surface area (Å²) in [6, 6.07) is 6.58. The van der Waals surface area contributed by atoms with Gasteiger partial charge in [-0.3, -0.25) is 4.79 Å². The Morgan fingerprint density at radius 3 is 2.40 bits per heavy atom. The first-order chi connectivity index (χ1) is 6.94. The summed E-state index contributed by atoms with van der Waals surface area (Å²) in [5, 5.41) is 0. The van der Waals surface area contributed by atoms with Gasteiger partial charge in [0.05, 0.1) is 5.56 Å². The van der Waals surface area contributed by atoms with E-state index in [2.05, 4.69) is 0 Å². The Hall–Kier alpha value is -1.64. The first-order valence-corrected chi connectivity index (χ1v) is 4.71. The summed E-state index contributed by atoms with van der Waals surface area (Å²) in [7, 11) is 0. The summed E-state index contributed by atoms with van der Waals surface area (Å²) in [6.07, 6.45) is 0.652. The van der Waals surface area contributed by atoms with Crippen molar-refractivity contribution in [1.29, 1.82) is 0 Å². The van der Waals surface area contributed by atoms with Crippen LogP contribution in [0.25, 0.3) is 0 Å². The molecule has 0 saturated carbocycles. The third kappa shape index (κ3) is 3.20. The highest BCUT2D eigenvalue weighted by atomic mass is 16.6. The van der Waals surface area contributed by atoms with Gasteiger partial charge in [-0.15, -0.1) is 0 Å². The van der Waals surface area contributed by atoms with Gasteiger partial charge < -0.3 is 4.74 Å². The first-order valence-electron chi connectivity index (χ1n) is 4.71. The molecule has 0 aliphatic carbocycles. The van der Waals surface area contributed by atoms with Crippen LogP contribution in [0.5, 0.6) is 0 Å². The van der Waals surface area contributed by atoms with Crippen LogP contribution in [0.15, 0.2) is 24.3 Å². The molecule has 3 heteroatoms. The molecular formula is C12H14O3. The van der Waals surface area contributed by atoms with Crippen LogP contribution in [-0.4, -0.2) is 17.9 Å².